The van der Waals surface area contributed by atoms with Gasteiger partial charge < -0.3 is 10.0 Å². The first-order valence-electron chi connectivity index (χ1n) is 5.25. The molecule has 0 atom stereocenters. The van der Waals surface area contributed by atoms with Gasteiger partial charge in [-0.1, -0.05) is 6.92 Å². The SMILES string of the molecule is CCCN(CC#N)C(=O)c1ccc(O)cc1F. The number of carbonyl (C=O) groups excluding carboxylic acids is 1. The highest BCUT2D eigenvalue weighted by atomic mass is 19.1. The number of amides is 1. The molecular formula is C12H13FN2O2. The third kappa shape index (κ3) is 3.18. The molecule has 1 N–H and O–H groups in total. The summed E-state index contributed by atoms with van der Waals surface area (Å²) < 4.78 is 13.5. The number of phenolic OH excluding ortho intramolecular Hbond substituents is 1. The highest BCUT2D eigenvalue weighted by molar-refractivity contribution is 5.94. The van der Waals surface area contributed by atoms with Gasteiger partial charge in [-0.2, -0.15) is 5.26 Å². The molecule has 0 saturated carbocycles. The predicted octanol–water partition coefficient (Wildman–Crippen LogP) is 1.91. The van der Waals surface area contributed by atoms with Crippen LogP contribution in [0.2, 0.25) is 0 Å². The Balaban J connectivity index is 2.97. The Morgan fingerprint density at radius 2 is 2.29 bits per heavy atom. The number of aromatic hydroxyl groups is 1. The van der Waals surface area contributed by atoms with Crippen molar-refractivity contribution in [2.24, 2.45) is 0 Å². The lowest BCUT2D eigenvalue weighted by atomic mass is 10.1. The molecule has 5 heteroatoms. The average molecular weight is 236 g/mol. The molecule has 0 aliphatic heterocycles. The van der Waals surface area contributed by atoms with Crippen molar-refractivity contribution in [3.05, 3.63) is 29.6 Å². The molecule has 4 nitrogen and oxygen atoms in total. The predicted molar refractivity (Wildman–Crippen MR) is 59.9 cm³/mol. The number of phenols is 1. The molecule has 90 valence electrons. The van der Waals surface area contributed by atoms with Crippen LogP contribution < -0.4 is 0 Å². The molecule has 0 fully saturated rings. The summed E-state index contributed by atoms with van der Waals surface area (Å²) in [6.45, 7) is 2.19. The maximum absolute atomic E-state index is 13.5. The molecule has 0 aromatic heterocycles. The quantitative estimate of drug-likeness (QED) is 0.812. The summed E-state index contributed by atoms with van der Waals surface area (Å²) in [7, 11) is 0. The minimum atomic E-state index is -0.783. The van der Waals surface area contributed by atoms with Gasteiger partial charge in [0.15, 0.2) is 0 Å². The maximum atomic E-state index is 13.5. The van der Waals surface area contributed by atoms with E-state index in [1.54, 1.807) is 0 Å². The molecule has 0 saturated heterocycles. The summed E-state index contributed by atoms with van der Waals surface area (Å²) in [6.07, 6.45) is 0.688. The second kappa shape index (κ2) is 5.85. The molecule has 0 unspecified atom stereocenters. The minimum absolute atomic E-state index is 0.0764. The fourth-order valence-corrected chi connectivity index (χ4v) is 1.46. The molecule has 0 aliphatic rings. The summed E-state index contributed by atoms with van der Waals surface area (Å²) in [5, 5.41) is 17.6. The lowest BCUT2D eigenvalue weighted by molar-refractivity contribution is 0.0771. The zero-order valence-electron chi connectivity index (χ0n) is 9.48. The highest BCUT2D eigenvalue weighted by Crippen LogP contribution is 2.16. The smallest absolute Gasteiger partial charge is 0.257 e. The van der Waals surface area contributed by atoms with Gasteiger partial charge in [-0.15, -0.1) is 0 Å². The maximum Gasteiger partial charge on any atom is 0.257 e. The van der Waals surface area contributed by atoms with Crippen LogP contribution in [-0.4, -0.2) is 29.0 Å². The summed E-state index contributed by atoms with van der Waals surface area (Å²) in [5.74, 6) is -1.55. The zero-order valence-corrected chi connectivity index (χ0v) is 9.48. The van der Waals surface area contributed by atoms with E-state index < -0.39 is 11.7 Å². The van der Waals surface area contributed by atoms with Crippen LogP contribution in [0.15, 0.2) is 18.2 Å². The van der Waals surface area contributed by atoms with E-state index in [9.17, 15) is 9.18 Å². The Hall–Kier alpha value is -2.09. The summed E-state index contributed by atoms with van der Waals surface area (Å²) in [5.41, 5.74) is -0.133. The zero-order chi connectivity index (χ0) is 12.8. The van der Waals surface area contributed by atoms with Gasteiger partial charge in [-0.3, -0.25) is 4.79 Å². The Kier molecular flexibility index (Phi) is 4.46. The standard InChI is InChI=1S/C12H13FN2O2/c1-2-6-15(7-5-14)12(17)10-4-3-9(16)8-11(10)13/h3-4,8,16H,2,6-7H2,1H3. The number of rotatable bonds is 4. The van der Waals surface area contributed by atoms with Crippen LogP contribution in [0.25, 0.3) is 0 Å². The van der Waals surface area contributed by atoms with Gasteiger partial charge in [0.1, 0.15) is 18.1 Å². The van der Waals surface area contributed by atoms with Crippen LogP contribution in [0.4, 0.5) is 4.39 Å². The van der Waals surface area contributed by atoms with E-state index in [0.29, 0.717) is 13.0 Å². The van der Waals surface area contributed by atoms with Gasteiger partial charge >= 0.3 is 0 Å². The number of benzene rings is 1. The van der Waals surface area contributed by atoms with Crippen LogP contribution >= 0.6 is 0 Å². The first-order valence-corrected chi connectivity index (χ1v) is 5.25. The van der Waals surface area contributed by atoms with Crippen LogP contribution in [0.1, 0.15) is 23.7 Å². The topological polar surface area (TPSA) is 64.3 Å². The fraction of sp³-hybridized carbons (Fsp3) is 0.333. The van der Waals surface area contributed by atoms with Crippen molar-refractivity contribution >= 4 is 5.91 Å². The first kappa shape index (κ1) is 13.0. The van der Waals surface area contributed by atoms with E-state index in [1.807, 2.05) is 13.0 Å². The minimum Gasteiger partial charge on any atom is -0.508 e. The Labute approximate surface area is 98.9 Å². The van der Waals surface area contributed by atoms with Crippen LogP contribution in [0.5, 0.6) is 5.75 Å². The monoisotopic (exact) mass is 236 g/mol. The lowest BCUT2D eigenvalue weighted by Crippen LogP contribution is -2.32. The van der Waals surface area contributed by atoms with Crippen LogP contribution in [0.3, 0.4) is 0 Å². The molecule has 1 amide bonds. The molecule has 17 heavy (non-hydrogen) atoms. The van der Waals surface area contributed by atoms with E-state index >= 15 is 0 Å². The number of carbonyl (C=O) groups is 1. The lowest BCUT2D eigenvalue weighted by Gasteiger charge is -2.18. The normalized spacial score (nSPS) is 9.71. The molecule has 0 aliphatic carbocycles. The van der Waals surface area contributed by atoms with Crippen molar-refractivity contribution in [2.45, 2.75) is 13.3 Å². The molecule has 0 spiro atoms. The third-order valence-electron chi connectivity index (χ3n) is 2.23. The van der Waals surface area contributed by atoms with Gasteiger partial charge in [-0.25, -0.2) is 4.39 Å². The van der Waals surface area contributed by atoms with Gasteiger partial charge in [0.2, 0.25) is 0 Å². The van der Waals surface area contributed by atoms with Gasteiger partial charge in [0.25, 0.3) is 5.91 Å². The number of nitrogens with zero attached hydrogens (tertiary/aromatic N) is 2. The van der Waals surface area contributed by atoms with Crippen LogP contribution in [-0.2, 0) is 0 Å². The molecule has 1 aromatic carbocycles. The largest absolute Gasteiger partial charge is 0.508 e. The molecule has 0 bridgehead atoms. The number of hydrogen-bond donors (Lipinski definition) is 1. The molecular weight excluding hydrogens is 223 g/mol. The molecule has 1 rings (SSSR count). The van der Waals surface area contributed by atoms with Crippen molar-refractivity contribution in [3.8, 4) is 11.8 Å². The van der Waals surface area contributed by atoms with E-state index in [-0.39, 0.29) is 17.9 Å². The number of halogens is 1. The van der Waals surface area contributed by atoms with Crippen molar-refractivity contribution in [2.75, 3.05) is 13.1 Å². The summed E-state index contributed by atoms with van der Waals surface area (Å²) in [6, 6.07) is 5.20. The van der Waals surface area contributed by atoms with Crippen molar-refractivity contribution < 1.29 is 14.3 Å². The molecule has 0 heterocycles. The molecule has 0 radical (unpaired) electrons. The van der Waals surface area contributed by atoms with Crippen molar-refractivity contribution in [1.29, 1.82) is 5.26 Å². The van der Waals surface area contributed by atoms with E-state index in [1.165, 1.54) is 17.0 Å². The van der Waals surface area contributed by atoms with Gasteiger partial charge in [-0.05, 0) is 18.6 Å². The van der Waals surface area contributed by atoms with Gasteiger partial charge in [0, 0.05) is 12.6 Å². The number of hydrogen-bond acceptors (Lipinski definition) is 3. The summed E-state index contributed by atoms with van der Waals surface area (Å²) >= 11 is 0. The Bertz CT molecular complexity index is 454. The third-order valence-corrected chi connectivity index (χ3v) is 2.23. The highest BCUT2D eigenvalue weighted by Gasteiger charge is 2.18. The first-order chi connectivity index (χ1) is 8.10. The summed E-state index contributed by atoms with van der Waals surface area (Å²) in [4.78, 5) is 13.2. The van der Waals surface area contributed by atoms with Crippen LogP contribution in [0, 0.1) is 17.1 Å². The van der Waals surface area contributed by atoms with Gasteiger partial charge in [0.05, 0.1) is 11.6 Å². The fourth-order valence-electron chi connectivity index (χ4n) is 1.46. The van der Waals surface area contributed by atoms with E-state index in [4.69, 9.17) is 10.4 Å². The molecule has 1 aromatic rings. The van der Waals surface area contributed by atoms with E-state index in [2.05, 4.69) is 0 Å². The average Bonchev–Trinajstić information content (AvgIpc) is 2.28. The van der Waals surface area contributed by atoms with E-state index in [0.717, 1.165) is 6.07 Å². The second-order valence-corrected chi connectivity index (χ2v) is 3.55. The Morgan fingerprint density at radius 1 is 1.59 bits per heavy atom. The van der Waals surface area contributed by atoms with Crippen molar-refractivity contribution in [3.63, 3.8) is 0 Å². The van der Waals surface area contributed by atoms with Crippen molar-refractivity contribution in [1.82, 2.24) is 4.90 Å². The second-order valence-electron chi connectivity index (χ2n) is 3.55. The Morgan fingerprint density at radius 3 is 2.82 bits per heavy atom. The number of nitriles is 1.